The zero-order valence-corrected chi connectivity index (χ0v) is 8.74. The Hall–Kier alpha value is -1.29. The van der Waals surface area contributed by atoms with E-state index < -0.39 is 11.9 Å². The van der Waals surface area contributed by atoms with Crippen LogP contribution >= 0.6 is 0 Å². The average Bonchev–Trinajstić information content (AvgIpc) is 2.25. The van der Waals surface area contributed by atoms with Gasteiger partial charge in [-0.15, -0.1) is 0 Å². The third kappa shape index (κ3) is 3.09. The van der Waals surface area contributed by atoms with Crippen LogP contribution < -0.4 is 5.73 Å². The summed E-state index contributed by atoms with van der Waals surface area (Å²) in [6, 6.07) is 0.755. The normalized spacial score (nSPS) is 12.5. The molecule has 1 rings (SSSR count). The number of unbranched alkanes of at least 4 members (excludes halogenated alkanes) is 1. The van der Waals surface area contributed by atoms with Crippen molar-refractivity contribution in [2.24, 2.45) is 5.73 Å². The monoisotopic (exact) mass is 210 g/mol. The molecule has 0 amide bonds. The number of hydrogen-bond acceptors (Lipinski definition) is 3. The number of aromatic nitrogens is 1. The first kappa shape index (κ1) is 11.8. The maximum atomic E-state index is 13.2. The number of halogens is 1. The van der Waals surface area contributed by atoms with Crippen LogP contribution in [0.15, 0.2) is 18.5 Å². The van der Waals surface area contributed by atoms with E-state index in [9.17, 15) is 9.18 Å². The van der Waals surface area contributed by atoms with Gasteiger partial charge in [0.25, 0.3) is 0 Å². The van der Waals surface area contributed by atoms with Gasteiger partial charge in [0, 0.05) is 6.20 Å². The van der Waals surface area contributed by atoms with Crippen molar-refractivity contribution in [3.8, 4) is 0 Å². The van der Waals surface area contributed by atoms with Gasteiger partial charge in [-0.1, -0.05) is 19.8 Å². The fourth-order valence-electron chi connectivity index (χ4n) is 1.33. The predicted octanol–water partition coefficient (Wildman–Crippen LogP) is 1.92. The molecule has 3 nitrogen and oxygen atoms in total. The third-order valence-corrected chi connectivity index (χ3v) is 2.24. The van der Waals surface area contributed by atoms with E-state index in [-0.39, 0.29) is 11.3 Å². The molecule has 1 atom stereocenters. The highest BCUT2D eigenvalue weighted by Crippen LogP contribution is 2.10. The van der Waals surface area contributed by atoms with Crippen LogP contribution in [0, 0.1) is 5.82 Å². The molecule has 15 heavy (non-hydrogen) atoms. The molecule has 0 saturated carbocycles. The zero-order chi connectivity index (χ0) is 11.3. The molecule has 0 bridgehead atoms. The van der Waals surface area contributed by atoms with E-state index in [2.05, 4.69) is 4.98 Å². The first-order valence-corrected chi connectivity index (χ1v) is 5.06. The lowest BCUT2D eigenvalue weighted by molar-refractivity contribution is 0.0952. The number of rotatable bonds is 5. The minimum atomic E-state index is -0.609. The van der Waals surface area contributed by atoms with Crippen molar-refractivity contribution in [3.63, 3.8) is 0 Å². The molecular weight excluding hydrogens is 195 g/mol. The van der Waals surface area contributed by atoms with Crippen molar-refractivity contribution in [2.75, 3.05) is 0 Å². The highest BCUT2D eigenvalue weighted by atomic mass is 19.1. The van der Waals surface area contributed by atoms with Crippen molar-refractivity contribution in [1.82, 2.24) is 4.98 Å². The second-order valence-electron chi connectivity index (χ2n) is 3.47. The van der Waals surface area contributed by atoms with Crippen LogP contribution in [0.25, 0.3) is 0 Å². The topological polar surface area (TPSA) is 56.0 Å². The summed E-state index contributed by atoms with van der Waals surface area (Å²) in [5.74, 6) is -0.946. The van der Waals surface area contributed by atoms with Gasteiger partial charge in [0.2, 0.25) is 0 Å². The standard InChI is InChI=1S/C11H15FN2O/c1-2-3-4-10(13)11(15)8-5-6-14-7-9(8)12/h5-7,10H,2-4,13H2,1H3. The second-order valence-corrected chi connectivity index (χ2v) is 3.47. The summed E-state index contributed by atoms with van der Waals surface area (Å²) >= 11 is 0. The Labute approximate surface area is 88.5 Å². The Morgan fingerprint density at radius 3 is 3.00 bits per heavy atom. The number of ketones is 1. The summed E-state index contributed by atoms with van der Waals surface area (Å²) < 4.78 is 13.2. The highest BCUT2D eigenvalue weighted by molar-refractivity contribution is 6.00. The van der Waals surface area contributed by atoms with Gasteiger partial charge >= 0.3 is 0 Å². The molecule has 1 heterocycles. The number of carbonyl (C=O) groups is 1. The molecule has 1 aromatic rings. The maximum absolute atomic E-state index is 13.2. The van der Waals surface area contributed by atoms with E-state index in [1.165, 1.54) is 12.3 Å². The molecule has 0 saturated heterocycles. The van der Waals surface area contributed by atoms with Gasteiger partial charge in [-0.2, -0.15) is 0 Å². The minimum absolute atomic E-state index is 0.0357. The maximum Gasteiger partial charge on any atom is 0.182 e. The van der Waals surface area contributed by atoms with Gasteiger partial charge in [0.05, 0.1) is 17.8 Å². The lowest BCUT2D eigenvalue weighted by atomic mass is 10.0. The number of nitrogens with two attached hydrogens (primary N) is 1. The molecule has 0 radical (unpaired) electrons. The summed E-state index contributed by atoms with van der Waals surface area (Å²) in [4.78, 5) is 15.3. The van der Waals surface area contributed by atoms with Crippen molar-refractivity contribution < 1.29 is 9.18 Å². The molecule has 4 heteroatoms. The van der Waals surface area contributed by atoms with Crippen molar-refractivity contribution >= 4 is 5.78 Å². The molecule has 0 spiro atoms. The fraction of sp³-hybridized carbons (Fsp3) is 0.455. The van der Waals surface area contributed by atoms with E-state index in [1.807, 2.05) is 6.92 Å². The number of carbonyl (C=O) groups excluding carboxylic acids is 1. The second kappa shape index (κ2) is 5.56. The first-order valence-electron chi connectivity index (χ1n) is 5.06. The van der Waals surface area contributed by atoms with E-state index in [0.717, 1.165) is 19.0 Å². The van der Waals surface area contributed by atoms with Crippen LogP contribution in [0.3, 0.4) is 0 Å². The van der Waals surface area contributed by atoms with Crippen LogP contribution in [0.2, 0.25) is 0 Å². The molecule has 0 aliphatic rings. The first-order chi connectivity index (χ1) is 7.16. The Morgan fingerprint density at radius 1 is 1.67 bits per heavy atom. The van der Waals surface area contributed by atoms with E-state index >= 15 is 0 Å². The molecule has 0 aliphatic carbocycles. The minimum Gasteiger partial charge on any atom is -0.321 e. The third-order valence-electron chi connectivity index (χ3n) is 2.24. The summed E-state index contributed by atoms with van der Waals surface area (Å²) in [5.41, 5.74) is 5.70. The number of pyridine rings is 1. The summed E-state index contributed by atoms with van der Waals surface area (Å²) in [6.07, 6.45) is 4.86. The lowest BCUT2D eigenvalue weighted by Crippen LogP contribution is -2.31. The predicted molar refractivity (Wildman–Crippen MR) is 56.0 cm³/mol. The van der Waals surface area contributed by atoms with Crippen LogP contribution in [-0.4, -0.2) is 16.8 Å². The Morgan fingerprint density at radius 2 is 2.40 bits per heavy atom. The van der Waals surface area contributed by atoms with Crippen LogP contribution in [0.1, 0.15) is 36.5 Å². The number of nitrogens with zero attached hydrogens (tertiary/aromatic N) is 1. The zero-order valence-electron chi connectivity index (χ0n) is 8.74. The van der Waals surface area contributed by atoms with Gasteiger partial charge in [0.1, 0.15) is 0 Å². The number of hydrogen-bond donors (Lipinski definition) is 1. The van der Waals surface area contributed by atoms with Crippen molar-refractivity contribution in [1.29, 1.82) is 0 Å². The molecule has 2 N–H and O–H groups in total. The molecular formula is C11H15FN2O. The Bertz CT molecular complexity index is 341. The van der Waals surface area contributed by atoms with Gasteiger partial charge in [-0.25, -0.2) is 4.39 Å². The van der Waals surface area contributed by atoms with E-state index in [4.69, 9.17) is 5.73 Å². The fourth-order valence-corrected chi connectivity index (χ4v) is 1.33. The van der Waals surface area contributed by atoms with E-state index in [1.54, 1.807) is 0 Å². The van der Waals surface area contributed by atoms with Crippen LogP contribution in [0.5, 0.6) is 0 Å². The van der Waals surface area contributed by atoms with Crippen LogP contribution in [-0.2, 0) is 0 Å². The van der Waals surface area contributed by atoms with Gasteiger partial charge < -0.3 is 5.73 Å². The Balaban J connectivity index is 2.72. The highest BCUT2D eigenvalue weighted by Gasteiger charge is 2.18. The smallest absolute Gasteiger partial charge is 0.182 e. The summed E-state index contributed by atoms with van der Waals surface area (Å²) in [7, 11) is 0. The molecule has 1 aromatic heterocycles. The molecule has 0 fully saturated rings. The van der Waals surface area contributed by atoms with Gasteiger partial charge in [0.15, 0.2) is 11.6 Å². The molecule has 82 valence electrons. The average molecular weight is 210 g/mol. The van der Waals surface area contributed by atoms with E-state index in [0.29, 0.717) is 6.42 Å². The Kier molecular flexibility index (Phi) is 4.37. The quantitative estimate of drug-likeness (QED) is 0.755. The van der Waals surface area contributed by atoms with Gasteiger partial charge in [-0.05, 0) is 12.5 Å². The van der Waals surface area contributed by atoms with Crippen LogP contribution in [0.4, 0.5) is 4.39 Å². The summed E-state index contributed by atoms with van der Waals surface area (Å²) in [5, 5.41) is 0. The largest absolute Gasteiger partial charge is 0.321 e. The van der Waals surface area contributed by atoms with Crippen molar-refractivity contribution in [3.05, 3.63) is 29.8 Å². The lowest BCUT2D eigenvalue weighted by Gasteiger charge is -2.09. The molecule has 0 aliphatic heterocycles. The molecule has 0 aromatic carbocycles. The summed E-state index contributed by atoms with van der Waals surface area (Å²) in [6.45, 7) is 2.02. The number of Topliss-reactive ketones (excluding diaryl/α,β-unsaturated/α-hetero) is 1. The van der Waals surface area contributed by atoms with Gasteiger partial charge in [-0.3, -0.25) is 9.78 Å². The molecule has 1 unspecified atom stereocenters. The van der Waals surface area contributed by atoms with Crippen molar-refractivity contribution in [2.45, 2.75) is 32.2 Å². The SMILES string of the molecule is CCCCC(N)C(=O)c1ccncc1F.